The van der Waals surface area contributed by atoms with Crippen molar-refractivity contribution < 1.29 is 19.1 Å². The molecule has 0 spiro atoms. The Morgan fingerprint density at radius 3 is 1.31 bits per heavy atom. The fourth-order valence-corrected chi connectivity index (χ4v) is 3.77. The fourth-order valence-electron chi connectivity index (χ4n) is 3.53. The van der Waals surface area contributed by atoms with Crippen molar-refractivity contribution in [2.45, 2.75) is 27.7 Å². The molecule has 2 heterocycles. The largest absolute Gasteiger partial charge is 0.424 e. The van der Waals surface area contributed by atoms with Crippen molar-refractivity contribution in [2.75, 3.05) is 6.79 Å². The highest BCUT2D eigenvalue weighted by Crippen LogP contribution is 2.24. The van der Waals surface area contributed by atoms with E-state index in [1.165, 1.54) is 0 Å². The Balaban J connectivity index is 1.33. The van der Waals surface area contributed by atoms with Gasteiger partial charge in [0, 0.05) is 0 Å². The van der Waals surface area contributed by atoms with Gasteiger partial charge in [0.1, 0.15) is 0 Å². The second kappa shape index (κ2) is 9.93. The number of nitrogens with zero attached hydrogens (tertiary/aromatic N) is 4. The maximum Gasteiger partial charge on any atom is 0.341 e. The maximum absolute atomic E-state index is 12.3. The van der Waals surface area contributed by atoms with Gasteiger partial charge in [0.2, 0.25) is 6.79 Å². The molecule has 0 amide bonds. The SMILES string of the molecule is Cc1nn(-c2ccc(C(=O)OCOC(=O)c3ccc(-n4nc(C)c(Cl)c4C)cc3)cc2)c(C)c1Cl. The first-order valence-electron chi connectivity index (χ1n) is 10.7. The van der Waals surface area contributed by atoms with Gasteiger partial charge in [0.25, 0.3) is 0 Å². The molecule has 0 saturated heterocycles. The first kappa shape index (κ1) is 24.5. The normalized spacial score (nSPS) is 10.9. The summed E-state index contributed by atoms with van der Waals surface area (Å²) in [5, 5.41) is 9.96. The Hall–Kier alpha value is -3.62. The van der Waals surface area contributed by atoms with Crippen LogP contribution < -0.4 is 0 Å². The van der Waals surface area contributed by atoms with Crippen molar-refractivity contribution in [2.24, 2.45) is 0 Å². The second-order valence-electron chi connectivity index (χ2n) is 7.87. The van der Waals surface area contributed by atoms with Crippen LogP contribution in [0.5, 0.6) is 0 Å². The van der Waals surface area contributed by atoms with Gasteiger partial charge in [0.05, 0.1) is 55.3 Å². The topological polar surface area (TPSA) is 88.2 Å². The standard InChI is InChI=1S/C25H22Cl2N4O4/c1-14-22(26)16(3)30(28-14)20-9-5-18(6-10-20)24(32)34-13-35-25(33)19-7-11-21(12-8-19)31-17(4)23(27)15(2)29-31/h5-12H,13H2,1-4H3. The number of ether oxygens (including phenoxy) is 2. The van der Waals surface area contributed by atoms with Gasteiger partial charge in [-0.25, -0.2) is 19.0 Å². The van der Waals surface area contributed by atoms with Crippen molar-refractivity contribution >= 4 is 35.1 Å². The van der Waals surface area contributed by atoms with Crippen LogP contribution in [0.15, 0.2) is 48.5 Å². The van der Waals surface area contributed by atoms with E-state index in [1.54, 1.807) is 57.9 Å². The Labute approximate surface area is 212 Å². The zero-order valence-electron chi connectivity index (χ0n) is 19.5. The van der Waals surface area contributed by atoms with Crippen LogP contribution in [-0.4, -0.2) is 38.3 Å². The number of benzene rings is 2. The molecule has 0 radical (unpaired) electrons. The monoisotopic (exact) mass is 512 g/mol. The fraction of sp³-hybridized carbons (Fsp3) is 0.200. The Kier molecular flexibility index (Phi) is 6.95. The van der Waals surface area contributed by atoms with E-state index >= 15 is 0 Å². The van der Waals surface area contributed by atoms with Crippen molar-refractivity contribution in [3.05, 3.63) is 92.5 Å². The first-order valence-corrected chi connectivity index (χ1v) is 11.4. The van der Waals surface area contributed by atoms with Crippen molar-refractivity contribution in [3.63, 3.8) is 0 Å². The number of hydrogen-bond acceptors (Lipinski definition) is 6. The number of aromatic nitrogens is 4. The molecule has 0 aliphatic heterocycles. The summed E-state index contributed by atoms with van der Waals surface area (Å²) in [6.07, 6.45) is 0. The van der Waals surface area contributed by atoms with Crippen LogP contribution in [0.25, 0.3) is 11.4 Å². The average Bonchev–Trinajstić information content (AvgIpc) is 3.28. The molecule has 2 aromatic carbocycles. The van der Waals surface area contributed by atoms with E-state index in [0.717, 1.165) is 34.2 Å². The maximum atomic E-state index is 12.3. The summed E-state index contributed by atoms with van der Waals surface area (Å²) in [6, 6.07) is 13.3. The lowest BCUT2D eigenvalue weighted by atomic mass is 10.2. The smallest absolute Gasteiger partial charge is 0.341 e. The molecular weight excluding hydrogens is 491 g/mol. The molecule has 0 bridgehead atoms. The lowest BCUT2D eigenvalue weighted by molar-refractivity contribution is -0.0167. The highest BCUT2D eigenvalue weighted by atomic mass is 35.5. The highest BCUT2D eigenvalue weighted by molar-refractivity contribution is 6.32. The molecule has 10 heteroatoms. The number of esters is 2. The van der Waals surface area contributed by atoms with E-state index in [9.17, 15) is 9.59 Å². The van der Waals surface area contributed by atoms with Gasteiger partial charge >= 0.3 is 11.9 Å². The summed E-state index contributed by atoms with van der Waals surface area (Å²) < 4.78 is 13.6. The third-order valence-corrected chi connectivity index (χ3v) is 6.58. The van der Waals surface area contributed by atoms with Crippen LogP contribution in [0.1, 0.15) is 43.5 Å². The summed E-state index contributed by atoms with van der Waals surface area (Å²) >= 11 is 12.4. The number of halogens is 2. The minimum Gasteiger partial charge on any atom is -0.424 e. The van der Waals surface area contributed by atoms with Gasteiger partial charge in [-0.1, -0.05) is 23.2 Å². The molecule has 0 N–H and O–H groups in total. The second-order valence-corrected chi connectivity index (χ2v) is 8.62. The lowest BCUT2D eigenvalue weighted by Crippen LogP contribution is -2.13. The van der Waals surface area contributed by atoms with Gasteiger partial charge in [-0.3, -0.25) is 0 Å². The number of carbonyl (C=O) groups excluding carboxylic acids is 2. The quantitative estimate of drug-likeness (QED) is 0.248. The van der Waals surface area contributed by atoms with Gasteiger partial charge in [-0.05, 0) is 76.2 Å². The third kappa shape index (κ3) is 4.94. The third-order valence-electron chi connectivity index (χ3n) is 5.48. The van der Waals surface area contributed by atoms with E-state index in [0.29, 0.717) is 21.2 Å². The van der Waals surface area contributed by atoms with Crippen molar-refractivity contribution in [1.82, 2.24) is 19.6 Å². The minimum absolute atomic E-state index is 0.310. The minimum atomic E-state index is -0.618. The molecule has 8 nitrogen and oxygen atoms in total. The van der Waals surface area contributed by atoms with E-state index in [1.807, 2.05) is 27.7 Å². The van der Waals surface area contributed by atoms with Crippen LogP contribution in [0, 0.1) is 27.7 Å². The molecule has 4 rings (SSSR count). The van der Waals surface area contributed by atoms with Crippen LogP contribution in [0.4, 0.5) is 0 Å². The molecule has 0 unspecified atom stereocenters. The zero-order valence-corrected chi connectivity index (χ0v) is 21.0. The number of hydrogen-bond donors (Lipinski definition) is 0. The van der Waals surface area contributed by atoms with Gasteiger partial charge in [-0.15, -0.1) is 0 Å². The molecule has 0 aliphatic rings. The molecule has 0 fully saturated rings. The van der Waals surface area contributed by atoms with E-state index in [-0.39, 0.29) is 0 Å². The molecular formula is C25H22Cl2N4O4. The first-order chi connectivity index (χ1) is 16.7. The summed E-state index contributed by atoms with van der Waals surface area (Å²) in [5.41, 5.74) is 5.19. The Morgan fingerprint density at radius 1 is 0.686 bits per heavy atom. The number of rotatable bonds is 6. The van der Waals surface area contributed by atoms with E-state index in [4.69, 9.17) is 32.7 Å². The highest BCUT2D eigenvalue weighted by Gasteiger charge is 2.15. The number of aryl methyl sites for hydroxylation is 2. The van der Waals surface area contributed by atoms with Crippen LogP contribution >= 0.6 is 23.2 Å². The van der Waals surface area contributed by atoms with Gasteiger partial charge < -0.3 is 9.47 Å². The van der Waals surface area contributed by atoms with Crippen LogP contribution in [0.2, 0.25) is 10.0 Å². The lowest BCUT2D eigenvalue weighted by Gasteiger charge is -2.09. The van der Waals surface area contributed by atoms with E-state index in [2.05, 4.69) is 10.2 Å². The van der Waals surface area contributed by atoms with Gasteiger partial charge in [-0.2, -0.15) is 10.2 Å². The Bertz CT molecular complexity index is 1300. The molecule has 0 saturated carbocycles. The number of carbonyl (C=O) groups is 2. The summed E-state index contributed by atoms with van der Waals surface area (Å²) in [4.78, 5) is 24.6. The van der Waals surface area contributed by atoms with Crippen LogP contribution in [0.3, 0.4) is 0 Å². The predicted octanol–water partition coefficient (Wildman–Crippen LogP) is 5.57. The molecule has 4 aromatic rings. The summed E-state index contributed by atoms with van der Waals surface area (Å²) in [6.45, 7) is 6.86. The van der Waals surface area contributed by atoms with Crippen molar-refractivity contribution in [3.8, 4) is 11.4 Å². The molecule has 0 aliphatic carbocycles. The van der Waals surface area contributed by atoms with Crippen LogP contribution in [-0.2, 0) is 9.47 Å². The molecule has 0 atom stereocenters. The average molecular weight is 513 g/mol. The van der Waals surface area contributed by atoms with E-state index < -0.39 is 18.7 Å². The van der Waals surface area contributed by atoms with Crippen molar-refractivity contribution in [1.29, 1.82) is 0 Å². The zero-order chi connectivity index (χ0) is 25.3. The Morgan fingerprint density at radius 2 is 1.03 bits per heavy atom. The summed E-state index contributed by atoms with van der Waals surface area (Å²) in [7, 11) is 0. The predicted molar refractivity (Wildman–Crippen MR) is 132 cm³/mol. The van der Waals surface area contributed by atoms with Gasteiger partial charge in [0.15, 0.2) is 0 Å². The summed E-state index contributed by atoms with van der Waals surface area (Å²) in [5.74, 6) is -1.24. The molecule has 35 heavy (non-hydrogen) atoms. The molecule has 180 valence electrons. The molecule has 2 aromatic heterocycles.